The Bertz CT molecular complexity index is 321. The summed E-state index contributed by atoms with van der Waals surface area (Å²) in [5, 5.41) is 11.8. The highest BCUT2D eigenvalue weighted by atomic mass is 16.6. The summed E-state index contributed by atoms with van der Waals surface area (Å²) in [6.45, 7) is 7.37. The summed E-state index contributed by atoms with van der Waals surface area (Å²) in [6.07, 6.45) is 1.57. The van der Waals surface area contributed by atoms with Crippen molar-refractivity contribution in [3.05, 3.63) is 0 Å². The van der Waals surface area contributed by atoms with Gasteiger partial charge in [0.25, 0.3) is 0 Å². The van der Waals surface area contributed by atoms with Crippen molar-refractivity contribution in [3.8, 4) is 0 Å². The van der Waals surface area contributed by atoms with Crippen LogP contribution in [0.4, 0.5) is 4.79 Å². The molecule has 1 saturated carbocycles. The first kappa shape index (κ1) is 14.8. The SMILES string of the molecule is C[C@H]1C[C@@H](NC(=O)OC(C)(C)C)CC[C@@H]1C(=O)O. The van der Waals surface area contributed by atoms with Crippen LogP contribution in [0.2, 0.25) is 0 Å². The Hall–Kier alpha value is -1.26. The van der Waals surface area contributed by atoms with E-state index in [2.05, 4.69) is 5.32 Å². The number of aliphatic carboxylic acids is 1. The summed E-state index contributed by atoms with van der Waals surface area (Å²) in [6, 6.07) is 0.0189. The number of hydrogen-bond acceptors (Lipinski definition) is 3. The van der Waals surface area contributed by atoms with E-state index in [1.807, 2.05) is 27.7 Å². The maximum absolute atomic E-state index is 11.6. The topological polar surface area (TPSA) is 75.6 Å². The van der Waals surface area contributed by atoms with Crippen LogP contribution in [0.1, 0.15) is 47.0 Å². The third kappa shape index (κ3) is 4.55. The second kappa shape index (κ2) is 5.59. The lowest BCUT2D eigenvalue weighted by Gasteiger charge is -2.32. The molecule has 0 spiro atoms. The maximum atomic E-state index is 11.6. The molecule has 0 aromatic rings. The van der Waals surface area contributed by atoms with E-state index in [9.17, 15) is 9.59 Å². The van der Waals surface area contributed by atoms with Crippen molar-refractivity contribution in [2.24, 2.45) is 11.8 Å². The van der Waals surface area contributed by atoms with E-state index in [4.69, 9.17) is 9.84 Å². The average Bonchev–Trinajstić information content (AvgIpc) is 2.13. The molecule has 0 bridgehead atoms. The van der Waals surface area contributed by atoms with Gasteiger partial charge in [0.15, 0.2) is 0 Å². The lowest BCUT2D eigenvalue weighted by Crippen LogP contribution is -2.43. The summed E-state index contributed by atoms with van der Waals surface area (Å²) in [4.78, 5) is 22.6. The number of carbonyl (C=O) groups excluding carboxylic acids is 1. The number of amides is 1. The third-order valence-corrected chi connectivity index (χ3v) is 3.21. The van der Waals surface area contributed by atoms with Crippen molar-refractivity contribution in [2.45, 2.75) is 58.6 Å². The predicted molar refractivity (Wildman–Crippen MR) is 67.3 cm³/mol. The lowest BCUT2D eigenvalue weighted by molar-refractivity contribution is -0.144. The molecule has 1 aliphatic rings. The van der Waals surface area contributed by atoms with E-state index >= 15 is 0 Å². The van der Waals surface area contributed by atoms with Crippen molar-refractivity contribution >= 4 is 12.1 Å². The summed E-state index contributed by atoms with van der Waals surface area (Å²) >= 11 is 0. The Kier molecular flexibility index (Phi) is 4.59. The van der Waals surface area contributed by atoms with Crippen molar-refractivity contribution in [1.29, 1.82) is 0 Å². The molecule has 1 amide bonds. The van der Waals surface area contributed by atoms with Gasteiger partial charge in [-0.2, -0.15) is 0 Å². The zero-order valence-electron chi connectivity index (χ0n) is 11.5. The molecule has 0 aliphatic heterocycles. The quantitative estimate of drug-likeness (QED) is 0.796. The van der Waals surface area contributed by atoms with Crippen LogP contribution < -0.4 is 5.32 Å². The summed E-state index contributed by atoms with van der Waals surface area (Å²) in [7, 11) is 0. The van der Waals surface area contributed by atoms with Crippen LogP contribution in [0.3, 0.4) is 0 Å². The van der Waals surface area contributed by atoms with Gasteiger partial charge in [0, 0.05) is 6.04 Å². The molecule has 0 aromatic carbocycles. The van der Waals surface area contributed by atoms with Crippen molar-refractivity contribution in [1.82, 2.24) is 5.32 Å². The second-order valence-electron chi connectivity index (χ2n) is 6.08. The number of carbonyl (C=O) groups is 2. The minimum absolute atomic E-state index is 0.0189. The average molecular weight is 257 g/mol. The number of carboxylic acids is 1. The Morgan fingerprint density at radius 1 is 1.28 bits per heavy atom. The Labute approximate surface area is 108 Å². The molecular weight excluding hydrogens is 234 g/mol. The first-order valence-electron chi connectivity index (χ1n) is 6.41. The van der Waals surface area contributed by atoms with E-state index in [1.54, 1.807) is 0 Å². The molecule has 0 saturated heterocycles. The molecular formula is C13H23NO4. The second-order valence-corrected chi connectivity index (χ2v) is 6.08. The van der Waals surface area contributed by atoms with Gasteiger partial charge in [-0.15, -0.1) is 0 Å². The first-order chi connectivity index (χ1) is 8.19. The monoisotopic (exact) mass is 257 g/mol. The Morgan fingerprint density at radius 2 is 1.89 bits per heavy atom. The molecule has 0 radical (unpaired) electrons. The molecule has 104 valence electrons. The molecule has 0 heterocycles. The third-order valence-electron chi connectivity index (χ3n) is 3.21. The normalized spacial score (nSPS) is 28.6. The van der Waals surface area contributed by atoms with E-state index in [0.717, 1.165) is 0 Å². The summed E-state index contributed by atoms with van der Waals surface area (Å²) in [5.74, 6) is -0.948. The van der Waals surface area contributed by atoms with Gasteiger partial charge < -0.3 is 15.2 Å². The van der Waals surface area contributed by atoms with Crippen molar-refractivity contribution in [2.75, 3.05) is 0 Å². The van der Waals surface area contributed by atoms with Gasteiger partial charge in [0.05, 0.1) is 5.92 Å². The van der Waals surface area contributed by atoms with Gasteiger partial charge in [-0.3, -0.25) is 4.79 Å². The fraction of sp³-hybridized carbons (Fsp3) is 0.846. The highest BCUT2D eigenvalue weighted by Crippen LogP contribution is 2.30. The van der Waals surface area contributed by atoms with Crippen LogP contribution in [0.5, 0.6) is 0 Å². The minimum Gasteiger partial charge on any atom is -0.481 e. The van der Waals surface area contributed by atoms with Crippen LogP contribution in [0.15, 0.2) is 0 Å². The van der Waals surface area contributed by atoms with E-state index in [-0.39, 0.29) is 17.9 Å². The molecule has 0 unspecified atom stereocenters. The van der Waals surface area contributed by atoms with Gasteiger partial charge in [0.1, 0.15) is 5.60 Å². The molecule has 3 atom stereocenters. The molecule has 1 fully saturated rings. The van der Waals surface area contributed by atoms with E-state index < -0.39 is 17.7 Å². The highest BCUT2D eigenvalue weighted by molar-refractivity contribution is 5.71. The number of rotatable bonds is 2. The number of alkyl carbamates (subject to hydrolysis) is 1. The summed E-state index contributed by atoms with van der Waals surface area (Å²) in [5.41, 5.74) is -0.506. The fourth-order valence-electron chi connectivity index (χ4n) is 2.37. The van der Waals surface area contributed by atoms with Gasteiger partial charge >= 0.3 is 12.1 Å². The molecule has 0 aromatic heterocycles. The van der Waals surface area contributed by atoms with Crippen LogP contribution in [0, 0.1) is 11.8 Å². The Morgan fingerprint density at radius 3 is 2.33 bits per heavy atom. The molecule has 2 N–H and O–H groups in total. The lowest BCUT2D eigenvalue weighted by atomic mass is 9.78. The highest BCUT2D eigenvalue weighted by Gasteiger charge is 2.33. The molecule has 18 heavy (non-hydrogen) atoms. The predicted octanol–water partition coefficient (Wildman–Crippen LogP) is 2.40. The molecule has 5 nitrogen and oxygen atoms in total. The number of ether oxygens (including phenoxy) is 1. The largest absolute Gasteiger partial charge is 0.481 e. The van der Waals surface area contributed by atoms with Crippen molar-refractivity contribution < 1.29 is 19.4 Å². The van der Waals surface area contributed by atoms with E-state index in [0.29, 0.717) is 19.3 Å². The van der Waals surface area contributed by atoms with Crippen LogP contribution in [-0.4, -0.2) is 28.8 Å². The van der Waals surface area contributed by atoms with Crippen LogP contribution in [0.25, 0.3) is 0 Å². The van der Waals surface area contributed by atoms with Gasteiger partial charge in [-0.05, 0) is 46.0 Å². The molecule has 1 rings (SSSR count). The first-order valence-corrected chi connectivity index (χ1v) is 6.41. The molecule has 1 aliphatic carbocycles. The zero-order valence-corrected chi connectivity index (χ0v) is 11.5. The van der Waals surface area contributed by atoms with E-state index in [1.165, 1.54) is 0 Å². The number of carboxylic acid groups (broad SMARTS) is 1. The van der Waals surface area contributed by atoms with Crippen molar-refractivity contribution in [3.63, 3.8) is 0 Å². The number of nitrogens with one attached hydrogen (secondary N) is 1. The smallest absolute Gasteiger partial charge is 0.407 e. The maximum Gasteiger partial charge on any atom is 0.407 e. The molecule has 5 heteroatoms. The van der Waals surface area contributed by atoms with Crippen LogP contribution >= 0.6 is 0 Å². The Balaban J connectivity index is 2.43. The van der Waals surface area contributed by atoms with Gasteiger partial charge in [-0.25, -0.2) is 4.79 Å². The minimum atomic E-state index is -0.738. The fourth-order valence-corrected chi connectivity index (χ4v) is 2.37. The zero-order chi connectivity index (χ0) is 13.9. The number of hydrogen-bond donors (Lipinski definition) is 2. The van der Waals surface area contributed by atoms with Crippen LogP contribution in [-0.2, 0) is 9.53 Å². The summed E-state index contributed by atoms with van der Waals surface area (Å²) < 4.78 is 5.18. The van der Waals surface area contributed by atoms with Gasteiger partial charge in [0.2, 0.25) is 0 Å². The standard InChI is InChI=1S/C13H23NO4/c1-8-7-9(5-6-10(8)11(15)16)14-12(17)18-13(2,3)4/h8-10H,5-7H2,1-4H3,(H,14,17)(H,15,16)/t8-,9-,10-/m0/s1. The van der Waals surface area contributed by atoms with Gasteiger partial charge in [-0.1, -0.05) is 6.92 Å².